The molecule has 1 unspecified atom stereocenters. The van der Waals surface area contributed by atoms with E-state index in [1.54, 1.807) is 24.3 Å². The summed E-state index contributed by atoms with van der Waals surface area (Å²) in [6.45, 7) is 0. The largest absolute Gasteiger partial charge is 0.446 e. The lowest BCUT2D eigenvalue weighted by Gasteiger charge is -2.09. The number of benzene rings is 1. The van der Waals surface area contributed by atoms with Crippen LogP contribution in [-0.4, -0.2) is 7.11 Å². The first-order valence-electron chi connectivity index (χ1n) is 3.24. The molecule has 1 atom stereocenters. The van der Waals surface area contributed by atoms with Gasteiger partial charge in [-0.1, -0.05) is 18.2 Å². The fourth-order valence-corrected chi connectivity index (χ4v) is 1.59. The van der Waals surface area contributed by atoms with Crippen molar-refractivity contribution in [2.45, 2.75) is 0 Å². The van der Waals surface area contributed by atoms with Crippen molar-refractivity contribution in [3.8, 4) is 5.75 Å². The molecule has 0 spiro atoms. The van der Waals surface area contributed by atoms with Crippen molar-refractivity contribution >= 4 is 21.8 Å². The van der Waals surface area contributed by atoms with Gasteiger partial charge < -0.3 is 4.52 Å². The lowest BCUT2D eigenvalue weighted by molar-refractivity contribution is 0.343. The highest BCUT2D eigenvalue weighted by Crippen LogP contribution is 2.54. The van der Waals surface area contributed by atoms with Crippen molar-refractivity contribution in [3.63, 3.8) is 0 Å². The lowest BCUT2D eigenvalue weighted by Crippen LogP contribution is -1.87. The predicted molar refractivity (Wildman–Crippen MR) is 50.6 cm³/mol. The van der Waals surface area contributed by atoms with Crippen LogP contribution in [-0.2, 0) is 9.09 Å². The molecule has 0 saturated heterocycles. The minimum absolute atomic E-state index is 0.513. The molecule has 0 amide bonds. The molecule has 1 rings (SSSR count). The molecule has 0 heterocycles. The summed E-state index contributed by atoms with van der Waals surface area (Å²) in [6.07, 6.45) is -3.08. The van der Waals surface area contributed by atoms with Gasteiger partial charge in [-0.25, -0.2) is 4.57 Å². The molecular formula is C7H8BrO3P. The summed E-state index contributed by atoms with van der Waals surface area (Å²) < 4.78 is 20.8. The Morgan fingerprint density at radius 2 is 1.92 bits per heavy atom. The summed E-state index contributed by atoms with van der Waals surface area (Å²) in [5, 5.41) is 0. The van der Waals surface area contributed by atoms with Crippen LogP contribution in [0.25, 0.3) is 0 Å². The van der Waals surface area contributed by atoms with Crippen molar-refractivity contribution in [2.75, 3.05) is 7.11 Å². The van der Waals surface area contributed by atoms with Crippen LogP contribution in [0.1, 0.15) is 0 Å². The average molecular weight is 251 g/mol. The Hall–Kier alpha value is -0.310. The van der Waals surface area contributed by atoms with E-state index < -0.39 is 6.30 Å². The van der Waals surface area contributed by atoms with Crippen LogP contribution in [0.5, 0.6) is 5.75 Å². The molecule has 0 aromatic heterocycles. The topological polar surface area (TPSA) is 35.5 Å². The Bertz CT molecular complexity index is 288. The summed E-state index contributed by atoms with van der Waals surface area (Å²) in [5.74, 6) is 0.513. The van der Waals surface area contributed by atoms with Gasteiger partial charge >= 0.3 is 6.30 Å². The second-order valence-electron chi connectivity index (χ2n) is 2.02. The molecule has 0 saturated carbocycles. The molecule has 66 valence electrons. The standard InChI is InChI=1S/C7H8BrO3P/c1-10-12(8,9)11-7-5-3-2-4-6-7/h2-6H,1H3. The molecule has 1 aromatic carbocycles. The molecule has 0 radical (unpaired) electrons. The summed E-state index contributed by atoms with van der Waals surface area (Å²) >= 11 is 2.83. The van der Waals surface area contributed by atoms with Crippen molar-refractivity contribution in [1.29, 1.82) is 0 Å². The van der Waals surface area contributed by atoms with Gasteiger partial charge in [0.1, 0.15) is 5.75 Å². The maximum atomic E-state index is 11.2. The fourth-order valence-electron chi connectivity index (χ4n) is 0.645. The summed E-state index contributed by atoms with van der Waals surface area (Å²) in [6, 6.07) is 8.83. The van der Waals surface area contributed by atoms with Gasteiger partial charge in [0.25, 0.3) is 0 Å². The van der Waals surface area contributed by atoms with Crippen molar-refractivity contribution in [2.24, 2.45) is 0 Å². The zero-order valence-corrected chi connectivity index (χ0v) is 8.92. The Morgan fingerprint density at radius 1 is 1.33 bits per heavy atom. The Kier molecular flexibility index (Phi) is 3.32. The normalized spacial score (nSPS) is 15.2. The Labute approximate surface area is 79.0 Å². The second-order valence-corrected chi connectivity index (χ2v) is 6.03. The van der Waals surface area contributed by atoms with E-state index in [2.05, 4.69) is 20.0 Å². The second kappa shape index (κ2) is 4.08. The van der Waals surface area contributed by atoms with Gasteiger partial charge in [0.15, 0.2) is 0 Å². The first-order chi connectivity index (χ1) is 5.64. The first-order valence-corrected chi connectivity index (χ1v) is 6.80. The van der Waals surface area contributed by atoms with E-state index in [4.69, 9.17) is 4.52 Å². The number of rotatable bonds is 3. The van der Waals surface area contributed by atoms with Crippen LogP contribution >= 0.6 is 21.8 Å². The Morgan fingerprint density at radius 3 is 2.42 bits per heavy atom. The smallest absolute Gasteiger partial charge is 0.417 e. The number of hydrogen-bond acceptors (Lipinski definition) is 3. The summed E-state index contributed by atoms with van der Waals surface area (Å²) in [7, 11) is 1.32. The third kappa shape index (κ3) is 2.97. The van der Waals surface area contributed by atoms with E-state index in [-0.39, 0.29) is 0 Å². The molecule has 0 aliphatic carbocycles. The lowest BCUT2D eigenvalue weighted by atomic mass is 10.3. The zero-order chi connectivity index (χ0) is 9.03. The molecular weight excluding hydrogens is 243 g/mol. The van der Waals surface area contributed by atoms with Gasteiger partial charge in [0.05, 0.1) is 15.5 Å². The predicted octanol–water partition coefficient (Wildman–Crippen LogP) is 3.21. The number of para-hydroxylation sites is 1. The third-order valence-electron chi connectivity index (χ3n) is 1.18. The van der Waals surface area contributed by atoms with Crippen LogP contribution in [0.4, 0.5) is 0 Å². The SMILES string of the molecule is COP(=O)(Br)Oc1ccccc1. The summed E-state index contributed by atoms with van der Waals surface area (Å²) in [4.78, 5) is 0. The molecule has 0 aliphatic heterocycles. The van der Waals surface area contributed by atoms with Crippen molar-refractivity contribution in [1.82, 2.24) is 0 Å². The van der Waals surface area contributed by atoms with E-state index >= 15 is 0 Å². The van der Waals surface area contributed by atoms with Crippen LogP contribution < -0.4 is 4.52 Å². The van der Waals surface area contributed by atoms with Crippen molar-refractivity contribution in [3.05, 3.63) is 30.3 Å². The molecule has 3 nitrogen and oxygen atoms in total. The maximum absolute atomic E-state index is 11.2. The van der Waals surface area contributed by atoms with E-state index in [1.165, 1.54) is 7.11 Å². The molecule has 5 heteroatoms. The molecule has 0 bridgehead atoms. The zero-order valence-electron chi connectivity index (χ0n) is 6.44. The number of hydrogen-bond donors (Lipinski definition) is 0. The third-order valence-corrected chi connectivity index (χ3v) is 3.34. The minimum Gasteiger partial charge on any atom is -0.417 e. The van der Waals surface area contributed by atoms with E-state index in [0.29, 0.717) is 5.75 Å². The molecule has 1 aromatic rings. The fraction of sp³-hybridized carbons (Fsp3) is 0.143. The first kappa shape index (κ1) is 9.78. The van der Waals surface area contributed by atoms with Gasteiger partial charge in [0, 0.05) is 7.11 Å². The van der Waals surface area contributed by atoms with E-state index in [1.807, 2.05) is 6.07 Å². The molecule has 0 fully saturated rings. The Balaban J connectivity index is 2.71. The van der Waals surface area contributed by atoms with Crippen molar-refractivity contribution < 1.29 is 13.6 Å². The van der Waals surface area contributed by atoms with E-state index in [9.17, 15) is 4.57 Å². The van der Waals surface area contributed by atoms with Gasteiger partial charge in [-0.05, 0) is 12.1 Å². The molecule has 0 N–H and O–H groups in total. The van der Waals surface area contributed by atoms with Crippen LogP contribution in [0.2, 0.25) is 0 Å². The van der Waals surface area contributed by atoms with Crippen LogP contribution in [0.15, 0.2) is 30.3 Å². The monoisotopic (exact) mass is 250 g/mol. The highest BCUT2D eigenvalue weighted by molar-refractivity contribution is 9.39. The summed E-state index contributed by atoms with van der Waals surface area (Å²) in [5.41, 5.74) is 0. The minimum atomic E-state index is -3.08. The van der Waals surface area contributed by atoms with Gasteiger partial charge in [0.2, 0.25) is 0 Å². The molecule has 12 heavy (non-hydrogen) atoms. The van der Waals surface area contributed by atoms with Crippen LogP contribution in [0.3, 0.4) is 0 Å². The van der Waals surface area contributed by atoms with Crippen LogP contribution in [0, 0.1) is 0 Å². The molecule has 0 aliphatic rings. The van der Waals surface area contributed by atoms with Gasteiger partial charge in [-0.2, -0.15) is 0 Å². The van der Waals surface area contributed by atoms with Gasteiger partial charge in [-0.3, -0.25) is 4.52 Å². The number of halogens is 1. The highest BCUT2D eigenvalue weighted by Gasteiger charge is 2.18. The van der Waals surface area contributed by atoms with Gasteiger partial charge in [-0.15, -0.1) is 0 Å². The average Bonchev–Trinajstić information content (AvgIpc) is 2.06. The maximum Gasteiger partial charge on any atom is 0.446 e. The van der Waals surface area contributed by atoms with E-state index in [0.717, 1.165) is 0 Å². The quantitative estimate of drug-likeness (QED) is 0.773. The highest BCUT2D eigenvalue weighted by atomic mass is 79.9.